The Morgan fingerprint density at radius 2 is 1.94 bits per heavy atom. The molecule has 0 amide bonds. The first-order chi connectivity index (χ1) is 7.58. The summed E-state index contributed by atoms with van der Waals surface area (Å²) >= 11 is 2.00. The van der Waals surface area contributed by atoms with Crippen molar-refractivity contribution >= 4 is 11.8 Å². The first-order valence-electron chi connectivity index (χ1n) is 6.08. The fourth-order valence-corrected chi connectivity index (χ4v) is 3.43. The molecule has 2 heteroatoms. The smallest absolute Gasteiger partial charge is 0.0341 e. The first-order valence-corrected chi connectivity index (χ1v) is 7.06. The van der Waals surface area contributed by atoms with Crippen molar-refractivity contribution in [2.45, 2.75) is 51.1 Å². The van der Waals surface area contributed by atoms with Crippen LogP contribution in [0.3, 0.4) is 0 Å². The zero-order valence-electron chi connectivity index (χ0n) is 10.6. The summed E-state index contributed by atoms with van der Waals surface area (Å²) in [6, 6.07) is 5.83. The highest BCUT2D eigenvalue weighted by molar-refractivity contribution is 7.99. The SMILES string of the molecule is Cc1cc2c(cc1C)C(NC(C)C)CCS2. The monoisotopic (exact) mass is 235 g/mol. The van der Waals surface area contributed by atoms with E-state index in [9.17, 15) is 0 Å². The van der Waals surface area contributed by atoms with E-state index in [1.165, 1.54) is 33.8 Å². The molecule has 0 saturated heterocycles. The van der Waals surface area contributed by atoms with Crippen LogP contribution in [0.25, 0.3) is 0 Å². The molecular weight excluding hydrogens is 214 g/mol. The average molecular weight is 235 g/mol. The number of aryl methyl sites for hydroxylation is 2. The van der Waals surface area contributed by atoms with Crippen molar-refractivity contribution in [2.75, 3.05) is 5.75 Å². The van der Waals surface area contributed by atoms with Crippen LogP contribution in [0.4, 0.5) is 0 Å². The maximum atomic E-state index is 3.67. The summed E-state index contributed by atoms with van der Waals surface area (Å²) < 4.78 is 0. The second kappa shape index (κ2) is 4.80. The molecule has 0 aliphatic carbocycles. The second-order valence-electron chi connectivity index (χ2n) is 4.99. The minimum Gasteiger partial charge on any atom is -0.308 e. The van der Waals surface area contributed by atoms with Crippen molar-refractivity contribution < 1.29 is 0 Å². The third-order valence-corrected chi connectivity index (χ3v) is 4.30. The molecular formula is C14H21NS. The predicted molar refractivity (Wildman–Crippen MR) is 72.3 cm³/mol. The Hall–Kier alpha value is -0.470. The molecule has 0 aromatic heterocycles. The molecule has 1 aromatic rings. The lowest BCUT2D eigenvalue weighted by molar-refractivity contribution is 0.459. The van der Waals surface area contributed by atoms with Crippen molar-refractivity contribution in [3.63, 3.8) is 0 Å². The minimum atomic E-state index is 0.551. The quantitative estimate of drug-likeness (QED) is 0.836. The molecule has 1 N–H and O–H groups in total. The highest BCUT2D eigenvalue weighted by Crippen LogP contribution is 2.37. The van der Waals surface area contributed by atoms with Crippen LogP contribution in [0.5, 0.6) is 0 Å². The van der Waals surface area contributed by atoms with E-state index < -0.39 is 0 Å². The van der Waals surface area contributed by atoms with E-state index in [1.54, 1.807) is 0 Å². The molecule has 1 heterocycles. The van der Waals surface area contributed by atoms with Gasteiger partial charge in [-0.3, -0.25) is 0 Å². The number of benzene rings is 1. The average Bonchev–Trinajstić information content (AvgIpc) is 2.20. The summed E-state index contributed by atoms with van der Waals surface area (Å²) in [5.41, 5.74) is 4.33. The van der Waals surface area contributed by atoms with Gasteiger partial charge in [-0.15, -0.1) is 11.8 Å². The van der Waals surface area contributed by atoms with Gasteiger partial charge >= 0.3 is 0 Å². The number of hydrogen-bond donors (Lipinski definition) is 1. The lowest BCUT2D eigenvalue weighted by atomic mass is 9.98. The Morgan fingerprint density at radius 3 is 2.62 bits per heavy atom. The first kappa shape index (κ1) is 12.0. The fourth-order valence-electron chi connectivity index (χ4n) is 2.23. The van der Waals surface area contributed by atoms with Crippen LogP contribution < -0.4 is 5.32 Å². The highest BCUT2D eigenvalue weighted by Gasteiger charge is 2.21. The Balaban J connectivity index is 2.34. The number of hydrogen-bond acceptors (Lipinski definition) is 2. The molecule has 16 heavy (non-hydrogen) atoms. The van der Waals surface area contributed by atoms with Gasteiger partial charge in [-0.2, -0.15) is 0 Å². The van der Waals surface area contributed by atoms with Crippen LogP contribution in [0.1, 0.15) is 43.0 Å². The van der Waals surface area contributed by atoms with Gasteiger partial charge < -0.3 is 5.32 Å². The number of thioether (sulfide) groups is 1. The molecule has 0 bridgehead atoms. The highest BCUT2D eigenvalue weighted by atomic mass is 32.2. The molecule has 0 radical (unpaired) electrons. The third-order valence-electron chi connectivity index (χ3n) is 3.20. The summed E-state index contributed by atoms with van der Waals surface area (Å²) in [4.78, 5) is 1.48. The van der Waals surface area contributed by atoms with Gasteiger partial charge in [-0.25, -0.2) is 0 Å². The van der Waals surface area contributed by atoms with Crippen LogP contribution in [0.2, 0.25) is 0 Å². The van der Waals surface area contributed by atoms with Crippen LogP contribution in [-0.4, -0.2) is 11.8 Å². The summed E-state index contributed by atoms with van der Waals surface area (Å²) in [6.45, 7) is 8.86. The van der Waals surface area contributed by atoms with Crippen LogP contribution in [0, 0.1) is 13.8 Å². The lowest BCUT2D eigenvalue weighted by Crippen LogP contribution is -2.30. The topological polar surface area (TPSA) is 12.0 Å². The van der Waals surface area contributed by atoms with E-state index in [2.05, 4.69) is 45.1 Å². The van der Waals surface area contributed by atoms with Gasteiger partial charge in [-0.05, 0) is 48.8 Å². The van der Waals surface area contributed by atoms with Crippen molar-refractivity contribution in [1.82, 2.24) is 5.32 Å². The number of fused-ring (bicyclic) bond motifs is 1. The van der Waals surface area contributed by atoms with Crippen LogP contribution in [-0.2, 0) is 0 Å². The molecule has 1 aromatic carbocycles. The molecule has 1 unspecified atom stereocenters. The predicted octanol–water partition coefficient (Wildman–Crippen LogP) is 3.84. The normalized spacial score (nSPS) is 19.9. The molecule has 1 aliphatic rings. The molecule has 1 aliphatic heterocycles. The van der Waals surface area contributed by atoms with Crippen molar-refractivity contribution in [2.24, 2.45) is 0 Å². The van der Waals surface area contributed by atoms with Gasteiger partial charge in [0.1, 0.15) is 0 Å². The van der Waals surface area contributed by atoms with Crippen LogP contribution in [0.15, 0.2) is 17.0 Å². The van der Waals surface area contributed by atoms with E-state index in [0.717, 1.165) is 0 Å². The Bertz CT molecular complexity index is 385. The number of nitrogens with one attached hydrogen (secondary N) is 1. The maximum absolute atomic E-state index is 3.67. The van der Waals surface area contributed by atoms with E-state index in [1.807, 2.05) is 11.8 Å². The second-order valence-corrected chi connectivity index (χ2v) is 6.12. The zero-order valence-corrected chi connectivity index (χ0v) is 11.4. The fraction of sp³-hybridized carbons (Fsp3) is 0.571. The molecule has 88 valence electrons. The van der Waals surface area contributed by atoms with E-state index >= 15 is 0 Å². The van der Waals surface area contributed by atoms with Gasteiger partial charge in [0.15, 0.2) is 0 Å². The number of rotatable bonds is 2. The summed E-state index contributed by atoms with van der Waals surface area (Å²) in [7, 11) is 0. The molecule has 2 rings (SSSR count). The van der Waals surface area contributed by atoms with Crippen molar-refractivity contribution in [3.8, 4) is 0 Å². The summed E-state index contributed by atoms with van der Waals surface area (Å²) in [6.07, 6.45) is 1.25. The van der Waals surface area contributed by atoms with Gasteiger partial charge in [-0.1, -0.05) is 19.9 Å². The van der Waals surface area contributed by atoms with Gasteiger partial charge in [0.25, 0.3) is 0 Å². The van der Waals surface area contributed by atoms with Gasteiger partial charge in [0.2, 0.25) is 0 Å². The van der Waals surface area contributed by atoms with E-state index in [0.29, 0.717) is 12.1 Å². The largest absolute Gasteiger partial charge is 0.308 e. The Kier molecular flexibility index (Phi) is 3.60. The van der Waals surface area contributed by atoms with E-state index in [-0.39, 0.29) is 0 Å². The summed E-state index contributed by atoms with van der Waals surface area (Å²) in [5.74, 6) is 1.24. The molecule has 1 nitrogen and oxygen atoms in total. The molecule has 0 fully saturated rings. The summed E-state index contributed by atoms with van der Waals surface area (Å²) in [5, 5.41) is 3.67. The minimum absolute atomic E-state index is 0.551. The Labute approximate surface area is 103 Å². The third kappa shape index (κ3) is 2.44. The molecule has 1 atom stereocenters. The van der Waals surface area contributed by atoms with Gasteiger partial charge in [0.05, 0.1) is 0 Å². The maximum Gasteiger partial charge on any atom is 0.0341 e. The standard InChI is InChI=1S/C14H21NS/c1-9(2)15-13-5-6-16-14-8-11(4)10(3)7-12(13)14/h7-9,13,15H,5-6H2,1-4H3. The molecule has 0 spiro atoms. The lowest BCUT2D eigenvalue weighted by Gasteiger charge is -2.28. The zero-order chi connectivity index (χ0) is 11.7. The van der Waals surface area contributed by atoms with Crippen molar-refractivity contribution in [3.05, 3.63) is 28.8 Å². The van der Waals surface area contributed by atoms with Gasteiger partial charge in [0, 0.05) is 17.0 Å². The van der Waals surface area contributed by atoms with E-state index in [4.69, 9.17) is 0 Å². The molecule has 0 saturated carbocycles. The van der Waals surface area contributed by atoms with Crippen molar-refractivity contribution in [1.29, 1.82) is 0 Å². The Morgan fingerprint density at radius 1 is 1.25 bits per heavy atom. The van der Waals surface area contributed by atoms with Crippen LogP contribution >= 0.6 is 11.8 Å².